The van der Waals surface area contributed by atoms with Crippen molar-refractivity contribution in [1.29, 1.82) is 0 Å². The molecular weight excluding hydrogens is 583 g/mol. The molecule has 2 heteroatoms. The van der Waals surface area contributed by atoms with Crippen molar-refractivity contribution in [2.45, 2.75) is 0 Å². The van der Waals surface area contributed by atoms with Gasteiger partial charge in [-0.05, 0) is 92.7 Å². The minimum absolute atomic E-state index is 0.874. The molecule has 9 rings (SSSR count). The van der Waals surface area contributed by atoms with Crippen LogP contribution in [0.15, 0.2) is 192 Å². The minimum Gasteiger partial charge on any atom is -0.456 e. The van der Waals surface area contributed by atoms with Gasteiger partial charge >= 0.3 is 0 Å². The van der Waals surface area contributed by atoms with Crippen LogP contribution < -0.4 is 4.90 Å². The summed E-state index contributed by atoms with van der Waals surface area (Å²) in [6.45, 7) is 0. The molecule has 1 heterocycles. The summed E-state index contributed by atoms with van der Waals surface area (Å²) in [5.41, 5.74) is 12.1. The van der Waals surface area contributed by atoms with Crippen LogP contribution in [-0.4, -0.2) is 0 Å². The number of para-hydroxylation sites is 1. The average Bonchev–Trinajstić information content (AvgIpc) is 3.54. The van der Waals surface area contributed by atoms with Crippen molar-refractivity contribution in [3.63, 3.8) is 0 Å². The molecule has 0 unspecified atom stereocenters. The Hall–Kier alpha value is -6.38. The number of furan rings is 1. The summed E-state index contributed by atoms with van der Waals surface area (Å²) in [5.74, 6) is 0. The smallest absolute Gasteiger partial charge is 0.137 e. The molecule has 0 aliphatic rings. The van der Waals surface area contributed by atoms with Crippen molar-refractivity contribution in [2.75, 3.05) is 4.90 Å². The van der Waals surface area contributed by atoms with Crippen LogP contribution in [0.3, 0.4) is 0 Å². The monoisotopic (exact) mass is 613 g/mol. The molecule has 48 heavy (non-hydrogen) atoms. The van der Waals surface area contributed by atoms with E-state index in [9.17, 15) is 0 Å². The summed E-state index contributed by atoms with van der Waals surface area (Å²) in [4.78, 5) is 2.32. The summed E-state index contributed by atoms with van der Waals surface area (Å²) in [6.07, 6.45) is 0. The molecule has 8 aromatic carbocycles. The van der Waals surface area contributed by atoms with Crippen LogP contribution in [0.2, 0.25) is 0 Å². The Kier molecular flexibility index (Phi) is 6.84. The van der Waals surface area contributed by atoms with Crippen LogP contribution in [0.5, 0.6) is 0 Å². The van der Waals surface area contributed by atoms with Crippen molar-refractivity contribution in [1.82, 2.24) is 0 Å². The molecule has 226 valence electrons. The predicted octanol–water partition coefficient (Wildman–Crippen LogP) is 13.2. The fourth-order valence-corrected chi connectivity index (χ4v) is 6.90. The van der Waals surface area contributed by atoms with Crippen LogP contribution in [0.25, 0.3) is 66.1 Å². The van der Waals surface area contributed by atoms with Gasteiger partial charge in [-0.25, -0.2) is 0 Å². The molecule has 0 atom stereocenters. The molecule has 0 N–H and O–H groups in total. The first-order valence-electron chi connectivity index (χ1n) is 16.3. The van der Waals surface area contributed by atoms with Crippen LogP contribution >= 0.6 is 0 Å². The van der Waals surface area contributed by atoms with E-state index >= 15 is 0 Å². The first-order chi connectivity index (χ1) is 23.8. The minimum atomic E-state index is 0.874. The van der Waals surface area contributed by atoms with Gasteiger partial charge in [0.2, 0.25) is 0 Å². The SMILES string of the molecule is c1ccc(-c2ccc(N(c3cccc(-c4cccc(-c5cccc6ccccc56)c4)c3)c3ccc4c(c3)oc3ccccc34)cc2)cc1. The van der Waals surface area contributed by atoms with Crippen LogP contribution in [0.1, 0.15) is 0 Å². The second kappa shape index (κ2) is 11.8. The lowest BCUT2D eigenvalue weighted by Crippen LogP contribution is -2.10. The molecule has 0 saturated heterocycles. The quantitative estimate of drug-likeness (QED) is 0.185. The van der Waals surface area contributed by atoms with Crippen LogP contribution in [0, 0.1) is 0 Å². The van der Waals surface area contributed by atoms with Gasteiger partial charge in [-0.2, -0.15) is 0 Å². The lowest BCUT2D eigenvalue weighted by atomic mass is 9.95. The largest absolute Gasteiger partial charge is 0.456 e. The maximum Gasteiger partial charge on any atom is 0.137 e. The number of hydrogen-bond donors (Lipinski definition) is 0. The first kappa shape index (κ1) is 27.9. The Balaban J connectivity index is 1.16. The fraction of sp³-hybridized carbons (Fsp3) is 0. The maximum atomic E-state index is 6.34. The van der Waals surface area contributed by atoms with E-state index in [1.54, 1.807) is 0 Å². The molecular formula is C46H31NO. The van der Waals surface area contributed by atoms with Gasteiger partial charge in [-0.15, -0.1) is 0 Å². The number of hydrogen-bond acceptors (Lipinski definition) is 2. The zero-order valence-electron chi connectivity index (χ0n) is 26.3. The summed E-state index contributed by atoms with van der Waals surface area (Å²) < 4.78 is 6.34. The van der Waals surface area contributed by atoms with Gasteiger partial charge in [0.1, 0.15) is 11.2 Å². The summed E-state index contributed by atoms with van der Waals surface area (Å²) in [7, 11) is 0. The van der Waals surface area contributed by atoms with Crippen molar-refractivity contribution in [3.8, 4) is 33.4 Å². The lowest BCUT2D eigenvalue weighted by Gasteiger charge is -2.26. The summed E-state index contributed by atoms with van der Waals surface area (Å²) >= 11 is 0. The third-order valence-electron chi connectivity index (χ3n) is 9.25. The molecule has 0 spiro atoms. The van der Waals surface area contributed by atoms with Gasteiger partial charge < -0.3 is 9.32 Å². The Morgan fingerprint density at radius 3 is 1.77 bits per heavy atom. The highest BCUT2D eigenvalue weighted by Crippen LogP contribution is 2.41. The van der Waals surface area contributed by atoms with Gasteiger partial charge in [-0.3, -0.25) is 0 Å². The van der Waals surface area contributed by atoms with Crippen LogP contribution in [-0.2, 0) is 0 Å². The highest BCUT2D eigenvalue weighted by atomic mass is 16.3. The molecule has 9 aromatic rings. The van der Waals surface area contributed by atoms with Gasteiger partial charge in [0.25, 0.3) is 0 Å². The van der Waals surface area contributed by atoms with Crippen molar-refractivity contribution < 1.29 is 4.42 Å². The van der Waals surface area contributed by atoms with Gasteiger partial charge in [0.05, 0.1) is 0 Å². The molecule has 0 fully saturated rings. The van der Waals surface area contributed by atoms with Gasteiger partial charge in [-0.1, -0.05) is 133 Å². The molecule has 0 aliphatic heterocycles. The molecule has 0 amide bonds. The molecule has 1 aromatic heterocycles. The molecule has 0 radical (unpaired) electrons. The Morgan fingerprint density at radius 2 is 0.896 bits per heavy atom. The highest BCUT2D eigenvalue weighted by Gasteiger charge is 2.17. The fourth-order valence-electron chi connectivity index (χ4n) is 6.90. The van der Waals surface area contributed by atoms with Gasteiger partial charge in [0, 0.05) is 33.9 Å². The zero-order chi connectivity index (χ0) is 31.9. The van der Waals surface area contributed by atoms with E-state index in [0.717, 1.165) is 44.6 Å². The molecule has 2 nitrogen and oxygen atoms in total. The van der Waals surface area contributed by atoms with Crippen molar-refractivity contribution in [2.24, 2.45) is 0 Å². The van der Waals surface area contributed by atoms with E-state index in [2.05, 4.69) is 181 Å². The number of rotatable bonds is 6. The van der Waals surface area contributed by atoms with Crippen molar-refractivity contribution in [3.05, 3.63) is 188 Å². The molecule has 0 aliphatic carbocycles. The number of anilines is 3. The standard InChI is InChI=1S/C46H31NO/c1-2-11-32(12-3-1)33-23-25-38(26-24-33)47(40-27-28-44-43-20-6-7-22-45(43)48-46(44)31-40)39-18-9-16-36(30-39)35-15-8-17-37(29-35)42-21-10-14-34-13-4-5-19-41(34)42/h1-31H. The van der Waals surface area contributed by atoms with E-state index < -0.39 is 0 Å². The summed E-state index contributed by atoms with van der Waals surface area (Å²) in [5, 5.41) is 4.76. The lowest BCUT2D eigenvalue weighted by molar-refractivity contribution is 0.669. The molecule has 0 bridgehead atoms. The maximum absolute atomic E-state index is 6.34. The zero-order valence-corrected chi connectivity index (χ0v) is 26.3. The third-order valence-corrected chi connectivity index (χ3v) is 9.25. The van der Waals surface area contributed by atoms with E-state index in [-0.39, 0.29) is 0 Å². The van der Waals surface area contributed by atoms with E-state index in [0.29, 0.717) is 0 Å². The normalized spacial score (nSPS) is 11.3. The summed E-state index contributed by atoms with van der Waals surface area (Å²) in [6, 6.07) is 66.9. The first-order valence-corrected chi connectivity index (χ1v) is 16.3. The van der Waals surface area contributed by atoms with Gasteiger partial charge in [0.15, 0.2) is 0 Å². The number of benzene rings is 8. The Morgan fingerprint density at radius 1 is 0.312 bits per heavy atom. The van der Waals surface area contributed by atoms with Crippen LogP contribution in [0.4, 0.5) is 17.1 Å². The average molecular weight is 614 g/mol. The predicted molar refractivity (Wildman–Crippen MR) is 202 cm³/mol. The Labute approximate surface area is 279 Å². The number of nitrogens with zero attached hydrogens (tertiary/aromatic N) is 1. The third kappa shape index (κ3) is 5.01. The topological polar surface area (TPSA) is 16.4 Å². The van der Waals surface area contributed by atoms with E-state index in [4.69, 9.17) is 4.42 Å². The van der Waals surface area contributed by atoms with E-state index in [1.807, 2.05) is 12.1 Å². The van der Waals surface area contributed by atoms with Crippen molar-refractivity contribution >= 4 is 49.8 Å². The number of fused-ring (bicyclic) bond motifs is 4. The second-order valence-corrected chi connectivity index (χ2v) is 12.2. The second-order valence-electron chi connectivity index (χ2n) is 12.2. The Bertz CT molecular complexity index is 2560. The molecule has 0 saturated carbocycles. The highest BCUT2D eigenvalue weighted by molar-refractivity contribution is 6.06. The van der Waals surface area contributed by atoms with E-state index in [1.165, 1.54) is 38.6 Å².